The second kappa shape index (κ2) is 12.1. The van der Waals surface area contributed by atoms with E-state index in [-0.39, 0.29) is 29.4 Å². The summed E-state index contributed by atoms with van der Waals surface area (Å²) in [6, 6.07) is 27.6. The highest BCUT2D eigenvalue weighted by molar-refractivity contribution is 7.90. The Kier molecular flexibility index (Phi) is 8.40. The number of hydrogen-bond acceptors (Lipinski definition) is 6. The predicted octanol–water partition coefficient (Wildman–Crippen LogP) is 4.10. The third kappa shape index (κ3) is 7.57. The minimum atomic E-state index is -4.12. The number of rotatable bonds is 10. The van der Waals surface area contributed by atoms with Crippen molar-refractivity contribution in [2.45, 2.75) is 24.5 Å². The van der Waals surface area contributed by atoms with Crippen molar-refractivity contribution in [3.8, 4) is 0 Å². The summed E-state index contributed by atoms with van der Waals surface area (Å²) in [5, 5.41) is 2.73. The maximum atomic E-state index is 12.7. The van der Waals surface area contributed by atoms with Crippen molar-refractivity contribution >= 4 is 27.5 Å². The number of pyridine rings is 1. The van der Waals surface area contributed by atoms with Gasteiger partial charge in [-0.25, -0.2) is 13.1 Å². The van der Waals surface area contributed by atoms with Gasteiger partial charge in [0.1, 0.15) is 0 Å². The number of sulfonamides is 1. The first-order chi connectivity index (χ1) is 17.9. The highest BCUT2D eigenvalue weighted by Crippen LogP contribution is 2.15. The van der Waals surface area contributed by atoms with Gasteiger partial charge in [0.15, 0.2) is 0 Å². The number of nitrogens with one attached hydrogen (secondary N) is 2. The molecule has 0 saturated carbocycles. The largest absolute Gasteiger partial charge is 0.370 e. The first kappa shape index (κ1) is 25.7. The van der Waals surface area contributed by atoms with Gasteiger partial charge in [-0.2, -0.15) is 0 Å². The molecule has 0 unspecified atom stereocenters. The van der Waals surface area contributed by atoms with E-state index in [2.05, 4.69) is 10.3 Å². The summed E-state index contributed by atoms with van der Waals surface area (Å²) in [5.41, 5.74) is 3.05. The average molecular weight is 516 g/mol. The number of hydrogen-bond donors (Lipinski definition) is 2. The van der Waals surface area contributed by atoms with Gasteiger partial charge in [0.2, 0.25) is 5.91 Å². The molecule has 0 atom stereocenters. The van der Waals surface area contributed by atoms with E-state index in [4.69, 9.17) is 4.74 Å². The lowest BCUT2D eigenvalue weighted by Gasteiger charge is -2.09. The number of anilines is 1. The summed E-state index contributed by atoms with van der Waals surface area (Å²) < 4.78 is 33.0. The minimum absolute atomic E-state index is 0.0974. The number of carbonyl (C=O) groups excluding carboxylic acids is 2. The fraction of sp³-hybridized carbons (Fsp3) is 0.107. The Morgan fingerprint density at radius 3 is 2.03 bits per heavy atom. The van der Waals surface area contributed by atoms with Gasteiger partial charge in [-0.1, -0.05) is 60.7 Å². The lowest BCUT2D eigenvalue weighted by molar-refractivity contribution is -0.115. The number of carbonyl (C=O) groups is 2. The van der Waals surface area contributed by atoms with E-state index in [0.717, 1.165) is 11.1 Å². The fourth-order valence-electron chi connectivity index (χ4n) is 3.44. The van der Waals surface area contributed by atoms with Crippen molar-refractivity contribution in [3.63, 3.8) is 0 Å². The molecule has 2 amide bonds. The van der Waals surface area contributed by atoms with Crippen LogP contribution in [-0.2, 0) is 39.2 Å². The molecule has 9 heteroatoms. The van der Waals surface area contributed by atoms with Crippen LogP contribution in [0, 0.1) is 0 Å². The minimum Gasteiger partial charge on any atom is -0.370 e. The first-order valence-corrected chi connectivity index (χ1v) is 12.9. The average Bonchev–Trinajstić information content (AvgIpc) is 2.90. The van der Waals surface area contributed by atoms with Crippen LogP contribution in [0.2, 0.25) is 0 Å². The monoisotopic (exact) mass is 515 g/mol. The molecule has 0 bridgehead atoms. The van der Waals surface area contributed by atoms with E-state index in [1.807, 2.05) is 65.4 Å². The molecule has 0 saturated heterocycles. The molecule has 4 rings (SSSR count). The van der Waals surface area contributed by atoms with Crippen molar-refractivity contribution in [2.24, 2.45) is 0 Å². The highest BCUT2D eigenvalue weighted by atomic mass is 32.2. The van der Waals surface area contributed by atoms with Crippen molar-refractivity contribution in [2.75, 3.05) is 5.32 Å². The number of ether oxygens (including phenoxy) is 1. The predicted molar refractivity (Wildman–Crippen MR) is 139 cm³/mol. The summed E-state index contributed by atoms with van der Waals surface area (Å²) in [6.07, 6.45) is 1.50. The molecular weight excluding hydrogens is 490 g/mol. The standard InChI is InChI=1S/C28H25N3O5S/c32-27(17-21-7-3-1-4-8-21)30-24-13-15-26(16-14-24)37(34,35)31-28(33)23-11-12-25(29-18-23)20-36-19-22-9-5-2-6-10-22/h1-16,18H,17,19-20H2,(H,30,32)(H,31,33). The van der Waals surface area contributed by atoms with Crippen LogP contribution in [-0.4, -0.2) is 25.2 Å². The van der Waals surface area contributed by atoms with E-state index < -0.39 is 15.9 Å². The SMILES string of the molecule is O=C(Cc1ccccc1)Nc1ccc(S(=O)(=O)NC(=O)c2ccc(COCc3ccccc3)nc2)cc1. The Hall–Kier alpha value is -4.34. The second-order valence-electron chi connectivity index (χ2n) is 8.19. The van der Waals surface area contributed by atoms with Crippen LogP contribution >= 0.6 is 0 Å². The molecule has 37 heavy (non-hydrogen) atoms. The number of amides is 2. The quantitative estimate of drug-likeness (QED) is 0.329. The van der Waals surface area contributed by atoms with Crippen LogP contribution in [0.25, 0.3) is 0 Å². The number of aromatic nitrogens is 1. The summed E-state index contributed by atoms with van der Waals surface area (Å²) in [7, 11) is -4.12. The summed E-state index contributed by atoms with van der Waals surface area (Å²) in [4.78, 5) is 28.8. The van der Waals surface area contributed by atoms with Crippen LogP contribution in [0.5, 0.6) is 0 Å². The van der Waals surface area contributed by atoms with Gasteiger partial charge >= 0.3 is 0 Å². The van der Waals surface area contributed by atoms with Gasteiger partial charge < -0.3 is 10.1 Å². The van der Waals surface area contributed by atoms with Crippen molar-refractivity contribution in [1.29, 1.82) is 0 Å². The lowest BCUT2D eigenvalue weighted by atomic mass is 10.1. The van der Waals surface area contributed by atoms with Crippen LogP contribution in [0.4, 0.5) is 5.69 Å². The van der Waals surface area contributed by atoms with Crippen LogP contribution < -0.4 is 10.0 Å². The van der Waals surface area contributed by atoms with Gasteiger partial charge in [0.05, 0.1) is 35.8 Å². The van der Waals surface area contributed by atoms with Gasteiger partial charge in [-0.15, -0.1) is 0 Å². The van der Waals surface area contributed by atoms with E-state index >= 15 is 0 Å². The fourth-order valence-corrected chi connectivity index (χ4v) is 4.41. The van der Waals surface area contributed by atoms with Crippen molar-refractivity contribution in [3.05, 3.63) is 126 Å². The maximum Gasteiger partial charge on any atom is 0.266 e. The summed E-state index contributed by atoms with van der Waals surface area (Å²) in [5.74, 6) is -1.03. The molecule has 0 aliphatic carbocycles. The van der Waals surface area contributed by atoms with Crippen LogP contribution in [0.3, 0.4) is 0 Å². The smallest absolute Gasteiger partial charge is 0.266 e. The zero-order chi connectivity index (χ0) is 26.1. The molecule has 1 aromatic heterocycles. The summed E-state index contributed by atoms with van der Waals surface area (Å²) >= 11 is 0. The normalized spacial score (nSPS) is 11.0. The molecule has 2 N–H and O–H groups in total. The molecule has 0 radical (unpaired) electrons. The van der Waals surface area contributed by atoms with E-state index in [1.54, 1.807) is 6.07 Å². The van der Waals surface area contributed by atoms with Gasteiger partial charge in [-0.3, -0.25) is 14.6 Å². The van der Waals surface area contributed by atoms with Crippen molar-refractivity contribution < 1.29 is 22.7 Å². The Morgan fingerprint density at radius 1 is 0.757 bits per heavy atom. The molecule has 0 aliphatic heterocycles. The van der Waals surface area contributed by atoms with Crippen molar-refractivity contribution in [1.82, 2.24) is 9.71 Å². The zero-order valence-corrected chi connectivity index (χ0v) is 20.6. The maximum absolute atomic E-state index is 12.7. The number of nitrogens with zero attached hydrogens (tertiary/aromatic N) is 1. The highest BCUT2D eigenvalue weighted by Gasteiger charge is 2.19. The Labute approximate surface area is 215 Å². The molecule has 1 heterocycles. The molecule has 0 fully saturated rings. The molecule has 8 nitrogen and oxygen atoms in total. The Morgan fingerprint density at radius 2 is 1.41 bits per heavy atom. The van der Waals surface area contributed by atoms with E-state index in [0.29, 0.717) is 18.0 Å². The van der Waals surface area contributed by atoms with Gasteiger partial charge in [-0.05, 0) is 47.5 Å². The van der Waals surface area contributed by atoms with Crippen LogP contribution in [0.15, 0.2) is 108 Å². The molecule has 3 aromatic carbocycles. The number of benzene rings is 3. The third-order valence-electron chi connectivity index (χ3n) is 5.33. The Bertz CT molecular complexity index is 1440. The molecular formula is C28H25N3O5S. The molecule has 4 aromatic rings. The van der Waals surface area contributed by atoms with E-state index in [9.17, 15) is 18.0 Å². The lowest BCUT2D eigenvalue weighted by Crippen LogP contribution is -2.30. The van der Waals surface area contributed by atoms with Crippen LogP contribution in [0.1, 0.15) is 27.2 Å². The summed E-state index contributed by atoms with van der Waals surface area (Å²) in [6.45, 7) is 0.682. The van der Waals surface area contributed by atoms with Gasteiger partial charge in [0.25, 0.3) is 15.9 Å². The second-order valence-corrected chi connectivity index (χ2v) is 9.87. The van der Waals surface area contributed by atoms with E-state index in [1.165, 1.54) is 36.5 Å². The topological polar surface area (TPSA) is 114 Å². The molecule has 0 spiro atoms. The zero-order valence-electron chi connectivity index (χ0n) is 19.8. The molecule has 0 aliphatic rings. The first-order valence-electron chi connectivity index (χ1n) is 11.5. The third-order valence-corrected chi connectivity index (χ3v) is 6.68. The van der Waals surface area contributed by atoms with Gasteiger partial charge in [0, 0.05) is 11.9 Å². The molecule has 188 valence electrons. The Balaban J connectivity index is 1.29.